The fourth-order valence-corrected chi connectivity index (χ4v) is 2.52. The summed E-state index contributed by atoms with van der Waals surface area (Å²) in [4.78, 5) is 12.1. The second kappa shape index (κ2) is 8.57. The van der Waals surface area contributed by atoms with Crippen molar-refractivity contribution >= 4 is 29.0 Å². The molecule has 2 N–H and O–H groups in total. The van der Waals surface area contributed by atoms with Crippen molar-refractivity contribution in [3.05, 3.63) is 33.8 Å². The minimum absolute atomic E-state index is 0.122. The molecule has 0 saturated heterocycles. The maximum absolute atomic E-state index is 12.1. The molecule has 106 valence electrons. The lowest BCUT2D eigenvalue weighted by Crippen LogP contribution is -2.11. The van der Waals surface area contributed by atoms with Crippen LogP contribution in [-0.4, -0.2) is 12.3 Å². The number of Topliss-reactive ketones (excluding diaryl/α,β-unsaturated/α-hetero) is 1. The van der Waals surface area contributed by atoms with Crippen LogP contribution in [0.2, 0.25) is 10.0 Å². The standard InChI is InChI=1S/C15H21Cl2NO/c1-2-3-11(8-9-18)4-7-15(19)12-5-6-13(16)14(17)10-12/h5-6,10-11H,2-4,7-9,18H2,1H3. The van der Waals surface area contributed by atoms with Crippen LogP contribution in [-0.2, 0) is 0 Å². The second-order valence-electron chi connectivity index (χ2n) is 4.82. The maximum Gasteiger partial charge on any atom is 0.162 e. The number of benzene rings is 1. The molecular formula is C15H21Cl2NO. The molecule has 0 radical (unpaired) electrons. The van der Waals surface area contributed by atoms with Gasteiger partial charge in [0.2, 0.25) is 0 Å². The monoisotopic (exact) mass is 301 g/mol. The highest BCUT2D eigenvalue weighted by Gasteiger charge is 2.12. The van der Waals surface area contributed by atoms with E-state index in [-0.39, 0.29) is 5.78 Å². The van der Waals surface area contributed by atoms with Crippen molar-refractivity contribution in [1.82, 2.24) is 0 Å². The summed E-state index contributed by atoms with van der Waals surface area (Å²) in [5.74, 6) is 0.665. The first-order chi connectivity index (χ1) is 9.08. The maximum atomic E-state index is 12.1. The molecule has 1 rings (SSSR count). The van der Waals surface area contributed by atoms with Crippen LogP contribution in [0.5, 0.6) is 0 Å². The van der Waals surface area contributed by atoms with Gasteiger partial charge in [0.05, 0.1) is 10.0 Å². The number of nitrogens with two attached hydrogens (primary N) is 1. The molecule has 4 heteroatoms. The van der Waals surface area contributed by atoms with Crippen molar-refractivity contribution in [2.24, 2.45) is 11.7 Å². The summed E-state index contributed by atoms with van der Waals surface area (Å²) < 4.78 is 0. The topological polar surface area (TPSA) is 43.1 Å². The van der Waals surface area contributed by atoms with Crippen molar-refractivity contribution in [3.8, 4) is 0 Å². The SMILES string of the molecule is CCCC(CCN)CCC(=O)c1ccc(Cl)c(Cl)c1. The smallest absolute Gasteiger partial charge is 0.162 e. The Labute approximate surface area is 125 Å². The van der Waals surface area contributed by atoms with E-state index in [1.165, 1.54) is 0 Å². The quantitative estimate of drug-likeness (QED) is 0.706. The van der Waals surface area contributed by atoms with E-state index >= 15 is 0 Å². The fraction of sp³-hybridized carbons (Fsp3) is 0.533. The van der Waals surface area contributed by atoms with Crippen LogP contribution in [0.4, 0.5) is 0 Å². The van der Waals surface area contributed by atoms with Crippen molar-refractivity contribution < 1.29 is 4.79 Å². The lowest BCUT2D eigenvalue weighted by atomic mass is 9.92. The Morgan fingerprint density at radius 1 is 1.21 bits per heavy atom. The Balaban J connectivity index is 2.56. The molecule has 0 fully saturated rings. The molecule has 0 heterocycles. The molecule has 1 aromatic rings. The summed E-state index contributed by atoms with van der Waals surface area (Å²) in [6.07, 6.45) is 4.69. The van der Waals surface area contributed by atoms with E-state index in [4.69, 9.17) is 28.9 Å². The molecule has 1 atom stereocenters. The highest BCUT2D eigenvalue weighted by molar-refractivity contribution is 6.42. The van der Waals surface area contributed by atoms with Gasteiger partial charge < -0.3 is 5.73 Å². The van der Waals surface area contributed by atoms with Crippen LogP contribution in [0.25, 0.3) is 0 Å². The van der Waals surface area contributed by atoms with Gasteiger partial charge in [0.15, 0.2) is 5.78 Å². The van der Waals surface area contributed by atoms with Crippen LogP contribution in [0, 0.1) is 5.92 Å². The van der Waals surface area contributed by atoms with Crippen LogP contribution >= 0.6 is 23.2 Å². The number of carbonyl (C=O) groups is 1. The summed E-state index contributed by atoms with van der Waals surface area (Å²) >= 11 is 11.8. The minimum atomic E-state index is 0.122. The molecular weight excluding hydrogens is 281 g/mol. The number of hydrogen-bond acceptors (Lipinski definition) is 2. The first kappa shape index (κ1) is 16.5. The Bertz CT molecular complexity index is 415. The molecule has 0 aromatic heterocycles. The summed E-state index contributed by atoms with van der Waals surface area (Å²) in [5.41, 5.74) is 6.23. The molecule has 0 bridgehead atoms. The third-order valence-electron chi connectivity index (χ3n) is 3.29. The highest BCUT2D eigenvalue weighted by atomic mass is 35.5. The molecule has 1 aromatic carbocycles. The normalized spacial score (nSPS) is 12.4. The van der Waals surface area contributed by atoms with E-state index in [1.807, 2.05) is 0 Å². The third kappa shape index (κ3) is 5.52. The predicted molar refractivity (Wildman–Crippen MR) is 82.1 cm³/mol. The van der Waals surface area contributed by atoms with E-state index in [0.29, 0.717) is 34.5 Å². The summed E-state index contributed by atoms with van der Waals surface area (Å²) in [5, 5.41) is 0.907. The van der Waals surface area contributed by atoms with E-state index in [2.05, 4.69) is 6.92 Å². The van der Waals surface area contributed by atoms with Gasteiger partial charge in [-0.05, 0) is 43.5 Å². The molecule has 0 aliphatic heterocycles. The van der Waals surface area contributed by atoms with Crippen LogP contribution in [0.15, 0.2) is 18.2 Å². The van der Waals surface area contributed by atoms with Gasteiger partial charge in [0, 0.05) is 12.0 Å². The fourth-order valence-electron chi connectivity index (χ4n) is 2.23. The lowest BCUT2D eigenvalue weighted by Gasteiger charge is -2.14. The van der Waals surface area contributed by atoms with Crippen LogP contribution in [0.3, 0.4) is 0 Å². The highest BCUT2D eigenvalue weighted by Crippen LogP contribution is 2.24. The average Bonchev–Trinajstić information content (AvgIpc) is 2.39. The largest absolute Gasteiger partial charge is 0.330 e. The van der Waals surface area contributed by atoms with E-state index in [0.717, 1.165) is 25.7 Å². The van der Waals surface area contributed by atoms with Gasteiger partial charge >= 0.3 is 0 Å². The zero-order valence-electron chi connectivity index (χ0n) is 11.3. The Morgan fingerprint density at radius 2 is 1.95 bits per heavy atom. The van der Waals surface area contributed by atoms with Gasteiger partial charge in [-0.1, -0.05) is 43.0 Å². The predicted octanol–water partition coefficient (Wildman–Crippen LogP) is 4.72. The van der Waals surface area contributed by atoms with Crippen molar-refractivity contribution in [3.63, 3.8) is 0 Å². The minimum Gasteiger partial charge on any atom is -0.330 e. The number of rotatable bonds is 8. The first-order valence-corrected chi connectivity index (χ1v) is 7.52. The van der Waals surface area contributed by atoms with E-state index < -0.39 is 0 Å². The van der Waals surface area contributed by atoms with Gasteiger partial charge in [-0.3, -0.25) is 4.79 Å². The van der Waals surface area contributed by atoms with E-state index in [1.54, 1.807) is 18.2 Å². The zero-order valence-corrected chi connectivity index (χ0v) is 12.8. The van der Waals surface area contributed by atoms with E-state index in [9.17, 15) is 4.79 Å². The van der Waals surface area contributed by atoms with Crippen molar-refractivity contribution in [2.45, 2.75) is 39.0 Å². The zero-order chi connectivity index (χ0) is 14.3. The summed E-state index contributed by atoms with van der Waals surface area (Å²) in [6.45, 7) is 2.84. The molecule has 2 nitrogen and oxygen atoms in total. The van der Waals surface area contributed by atoms with Crippen LogP contribution < -0.4 is 5.73 Å². The Hall–Kier alpha value is -0.570. The Morgan fingerprint density at radius 3 is 2.53 bits per heavy atom. The van der Waals surface area contributed by atoms with Crippen molar-refractivity contribution in [1.29, 1.82) is 0 Å². The molecule has 0 aliphatic rings. The number of ketones is 1. The van der Waals surface area contributed by atoms with Gasteiger partial charge in [-0.2, -0.15) is 0 Å². The van der Waals surface area contributed by atoms with Crippen LogP contribution in [0.1, 0.15) is 49.4 Å². The Kier molecular flexibility index (Phi) is 7.44. The molecule has 0 amide bonds. The molecule has 0 spiro atoms. The van der Waals surface area contributed by atoms with Gasteiger partial charge in [0.1, 0.15) is 0 Å². The molecule has 19 heavy (non-hydrogen) atoms. The number of carbonyl (C=O) groups excluding carboxylic acids is 1. The second-order valence-corrected chi connectivity index (χ2v) is 5.64. The third-order valence-corrected chi connectivity index (χ3v) is 4.03. The van der Waals surface area contributed by atoms with Gasteiger partial charge in [0.25, 0.3) is 0 Å². The molecule has 0 saturated carbocycles. The first-order valence-electron chi connectivity index (χ1n) is 6.76. The average molecular weight is 302 g/mol. The number of hydrogen-bond donors (Lipinski definition) is 1. The summed E-state index contributed by atoms with van der Waals surface area (Å²) in [6, 6.07) is 5.04. The lowest BCUT2D eigenvalue weighted by molar-refractivity contribution is 0.0972. The van der Waals surface area contributed by atoms with Gasteiger partial charge in [-0.25, -0.2) is 0 Å². The van der Waals surface area contributed by atoms with Crippen molar-refractivity contribution in [2.75, 3.05) is 6.54 Å². The molecule has 1 unspecified atom stereocenters. The number of halogens is 2. The summed E-state index contributed by atoms with van der Waals surface area (Å²) in [7, 11) is 0. The van der Waals surface area contributed by atoms with Gasteiger partial charge in [-0.15, -0.1) is 0 Å². The molecule has 0 aliphatic carbocycles.